The SMILES string of the molecule is O=C1c2ccccc2NC(c2cccs2)N1c1ccccc1Cl. The maximum Gasteiger partial charge on any atom is 0.262 e. The molecular formula is C18H13ClN2OS. The van der Waals surface area contributed by atoms with Gasteiger partial charge in [0, 0.05) is 10.6 Å². The minimum absolute atomic E-state index is 0.0501. The second-order valence-corrected chi connectivity index (χ2v) is 6.62. The highest BCUT2D eigenvalue weighted by molar-refractivity contribution is 7.10. The number of nitrogens with zero attached hydrogens (tertiary/aromatic N) is 1. The maximum absolute atomic E-state index is 13.1. The van der Waals surface area contributed by atoms with E-state index in [4.69, 9.17) is 11.6 Å². The van der Waals surface area contributed by atoms with Gasteiger partial charge in [-0.1, -0.05) is 41.9 Å². The molecule has 114 valence electrons. The van der Waals surface area contributed by atoms with Gasteiger partial charge >= 0.3 is 0 Å². The van der Waals surface area contributed by atoms with E-state index in [9.17, 15) is 4.79 Å². The zero-order valence-electron chi connectivity index (χ0n) is 12.1. The predicted octanol–water partition coefficient (Wildman–Crippen LogP) is 5.17. The fraction of sp³-hybridized carbons (Fsp3) is 0.0556. The highest BCUT2D eigenvalue weighted by Gasteiger charge is 2.35. The Hall–Kier alpha value is -2.30. The van der Waals surface area contributed by atoms with Crippen LogP contribution >= 0.6 is 22.9 Å². The number of rotatable bonds is 2. The van der Waals surface area contributed by atoms with Gasteiger partial charge in [-0.2, -0.15) is 0 Å². The molecule has 0 spiro atoms. The van der Waals surface area contributed by atoms with Crippen LogP contribution in [0.25, 0.3) is 0 Å². The van der Waals surface area contributed by atoms with E-state index < -0.39 is 0 Å². The molecule has 1 aliphatic rings. The van der Waals surface area contributed by atoms with Crippen molar-refractivity contribution in [1.29, 1.82) is 0 Å². The second kappa shape index (κ2) is 5.72. The van der Waals surface area contributed by atoms with Crippen molar-refractivity contribution in [2.24, 2.45) is 0 Å². The van der Waals surface area contributed by atoms with Crippen LogP contribution in [0.15, 0.2) is 66.0 Å². The van der Waals surface area contributed by atoms with Crippen LogP contribution in [0.5, 0.6) is 0 Å². The Morgan fingerprint density at radius 1 is 1.00 bits per heavy atom. The number of para-hydroxylation sites is 2. The van der Waals surface area contributed by atoms with Crippen molar-refractivity contribution >= 4 is 40.2 Å². The molecule has 1 unspecified atom stereocenters. The molecule has 1 atom stereocenters. The van der Waals surface area contributed by atoms with Crippen molar-refractivity contribution < 1.29 is 4.79 Å². The zero-order chi connectivity index (χ0) is 15.8. The molecule has 0 aliphatic carbocycles. The molecule has 0 bridgehead atoms. The summed E-state index contributed by atoms with van der Waals surface area (Å²) in [5, 5.41) is 6.03. The molecule has 1 amide bonds. The number of thiophene rings is 1. The number of hydrogen-bond donors (Lipinski definition) is 1. The first kappa shape index (κ1) is 14.3. The van der Waals surface area contributed by atoms with Crippen molar-refractivity contribution in [3.8, 4) is 0 Å². The Morgan fingerprint density at radius 2 is 1.78 bits per heavy atom. The first-order chi connectivity index (χ1) is 11.3. The Balaban J connectivity index is 1.90. The lowest BCUT2D eigenvalue weighted by Gasteiger charge is -2.37. The maximum atomic E-state index is 13.1. The summed E-state index contributed by atoms with van der Waals surface area (Å²) in [5.74, 6) is -0.0501. The fourth-order valence-corrected chi connectivity index (χ4v) is 3.79. The van der Waals surface area contributed by atoms with E-state index in [0.29, 0.717) is 16.3 Å². The predicted molar refractivity (Wildman–Crippen MR) is 95.4 cm³/mol. The van der Waals surface area contributed by atoms with Gasteiger partial charge in [0.25, 0.3) is 5.91 Å². The van der Waals surface area contributed by atoms with Crippen molar-refractivity contribution in [2.45, 2.75) is 6.17 Å². The average molecular weight is 341 g/mol. The number of amides is 1. The van der Waals surface area contributed by atoms with Gasteiger partial charge < -0.3 is 5.32 Å². The summed E-state index contributed by atoms with van der Waals surface area (Å²) in [7, 11) is 0. The third-order valence-corrected chi connectivity index (χ3v) is 5.10. The standard InChI is InChI=1S/C18H13ClN2OS/c19-13-7-2-4-9-15(13)21-17(16-10-5-11-23-16)20-14-8-3-1-6-12(14)18(21)22/h1-11,17,20H. The highest BCUT2D eigenvalue weighted by Crippen LogP contribution is 2.40. The van der Waals surface area contributed by atoms with Crippen LogP contribution in [0.2, 0.25) is 5.02 Å². The summed E-state index contributed by atoms with van der Waals surface area (Å²) >= 11 is 7.97. The van der Waals surface area contributed by atoms with Crippen molar-refractivity contribution in [2.75, 3.05) is 10.2 Å². The normalized spacial score (nSPS) is 16.8. The molecule has 1 aliphatic heterocycles. The quantitative estimate of drug-likeness (QED) is 0.697. The number of benzene rings is 2. The van der Waals surface area contributed by atoms with Gasteiger partial charge in [-0.15, -0.1) is 11.3 Å². The molecule has 0 saturated heterocycles. The summed E-state index contributed by atoms with van der Waals surface area (Å²) in [6.07, 6.45) is -0.266. The summed E-state index contributed by atoms with van der Waals surface area (Å²) in [6.45, 7) is 0. The van der Waals surface area contributed by atoms with Gasteiger partial charge in [-0.05, 0) is 35.7 Å². The van der Waals surface area contributed by atoms with Gasteiger partial charge in [0.05, 0.1) is 16.3 Å². The van der Waals surface area contributed by atoms with Gasteiger partial charge in [0.1, 0.15) is 6.17 Å². The van der Waals surface area contributed by atoms with E-state index in [1.165, 1.54) is 0 Å². The minimum atomic E-state index is -0.266. The molecule has 4 rings (SSSR count). The van der Waals surface area contributed by atoms with Crippen LogP contribution in [-0.2, 0) is 0 Å². The molecule has 2 heterocycles. The van der Waals surface area contributed by atoms with E-state index in [1.807, 2.05) is 60.0 Å². The third-order valence-electron chi connectivity index (χ3n) is 3.85. The van der Waals surface area contributed by atoms with Gasteiger partial charge in [-0.25, -0.2) is 0 Å². The van der Waals surface area contributed by atoms with Crippen molar-refractivity contribution in [3.63, 3.8) is 0 Å². The molecule has 0 fully saturated rings. The molecule has 1 N–H and O–H groups in total. The van der Waals surface area contributed by atoms with Crippen LogP contribution in [0, 0.1) is 0 Å². The largest absolute Gasteiger partial charge is 0.360 e. The number of anilines is 2. The Bertz CT molecular complexity index is 863. The van der Waals surface area contributed by atoms with Crippen LogP contribution in [0.3, 0.4) is 0 Å². The van der Waals surface area contributed by atoms with E-state index in [0.717, 1.165) is 10.6 Å². The number of carbonyl (C=O) groups is 1. The Kier molecular flexibility index (Phi) is 3.56. The van der Waals surface area contributed by atoms with E-state index >= 15 is 0 Å². The van der Waals surface area contributed by atoms with E-state index in [2.05, 4.69) is 5.32 Å². The molecular weight excluding hydrogens is 328 g/mol. The lowest BCUT2D eigenvalue weighted by Crippen LogP contribution is -2.43. The van der Waals surface area contributed by atoms with E-state index in [-0.39, 0.29) is 12.1 Å². The number of nitrogens with one attached hydrogen (secondary N) is 1. The number of fused-ring (bicyclic) bond motifs is 1. The highest BCUT2D eigenvalue weighted by atomic mass is 35.5. The molecule has 3 aromatic rings. The van der Waals surface area contributed by atoms with Crippen molar-refractivity contribution in [3.05, 3.63) is 81.5 Å². The Morgan fingerprint density at radius 3 is 2.57 bits per heavy atom. The molecule has 2 aromatic carbocycles. The minimum Gasteiger partial charge on any atom is -0.360 e. The van der Waals surface area contributed by atoms with E-state index in [1.54, 1.807) is 22.3 Å². The third kappa shape index (κ3) is 2.40. The average Bonchev–Trinajstić information content (AvgIpc) is 3.10. The number of halogens is 1. The van der Waals surface area contributed by atoms with Crippen LogP contribution in [0.4, 0.5) is 11.4 Å². The first-order valence-corrected chi connectivity index (χ1v) is 8.48. The molecule has 1 aromatic heterocycles. The molecule has 0 radical (unpaired) electrons. The molecule has 3 nitrogen and oxygen atoms in total. The summed E-state index contributed by atoms with van der Waals surface area (Å²) in [5.41, 5.74) is 2.21. The summed E-state index contributed by atoms with van der Waals surface area (Å²) in [4.78, 5) is 15.9. The summed E-state index contributed by atoms with van der Waals surface area (Å²) in [6, 6.07) is 19.0. The fourth-order valence-electron chi connectivity index (χ4n) is 2.80. The van der Waals surface area contributed by atoms with Gasteiger partial charge in [-0.3, -0.25) is 9.69 Å². The lowest BCUT2D eigenvalue weighted by atomic mass is 10.1. The van der Waals surface area contributed by atoms with Crippen LogP contribution in [-0.4, -0.2) is 5.91 Å². The second-order valence-electron chi connectivity index (χ2n) is 5.23. The summed E-state index contributed by atoms with van der Waals surface area (Å²) < 4.78 is 0. The first-order valence-electron chi connectivity index (χ1n) is 7.23. The molecule has 0 saturated carbocycles. The zero-order valence-corrected chi connectivity index (χ0v) is 13.6. The smallest absolute Gasteiger partial charge is 0.262 e. The van der Waals surface area contributed by atoms with Crippen LogP contribution < -0.4 is 10.2 Å². The monoisotopic (exact) mass is 340 g/mol. The lowest BCUT2D eigenvalue weighted by molar-refractivity contribution is 0.0975. The molecule has 5 heteroatoms. The Labute approximate surface area is 143 Å². The molecule has 23 heavy (non-hydrogen) atoms. The van der Waals surface area contributed by atoms with Crippen LogP contribution in [0.1, 0.15) is 21.4 Å². The van der Waals surface area contributed by atoms with Crippen molar-refractivity contribution in [1.82, 2.24) is 0 Å². The van der Waals surface area contributed by atoms with Gasteiger partial charge in [0.15, 0.2) is 0 Å². The number of carbonyl (C=O) groups excluding carboxylic acids is 1. The number of hydrogen-bond acceptors (Lipinski definition) is 3. The topological polar surface area (TPSA) is 32.3 Å². The van der Waals surface area contributed by atoms with Gasteiger partial charge in [0.2, 0.25) is 0 Å².